The van der Waals surface area contributed by atoms with Gasteiger partial charge in [-0.15, -0.1) is 0 Å². The molecule has 0 saturated carbocycles. The number of hydrogen-bond acceptors (Lipinski definition) is 5. The number of benzene rings is 1. The SMILES string of the molecule is C/C=C\CC(C)N1CCN(C(=O)CC2CCN(/C(=N\S(N)(=O)=O)Oc3ccccc3)CC2)CC1. The number of carbonyl (C=O) groups excluding carboxylic acids is 1. The highest BCUT2D eigenvalue weighted by molar-refractivity contribution is 7.88. The first-order valence-electron chi connectivity index (χ1n) is 12.0. The van der Waals surface area contributed by atoms with Gasteiger partial charge in [-0.3, -0.25) is 9.69 Å². The molecule has 1 amide bonds. The molecule has 2 fully saturated rings. The predicted molar refractivity (Wildman–Crippen MR) is 134 cm³/mol. The van der Waals surface area contributed by atoms with E-state index in [4.69, 9.17) is 9.88 Å². The minimum Gasteiger partial charge on any atom is -0.425 e. The van der Waals surface area contributed by atoms with E-state index < -0.39 is 10.2 Å². The summed E-state index contributed by atoms with van der Waals surface area (Å²) in [7, 11) is -4.10. The monoisotopic (exact) mass is 491 g/mol. The lowest BCUT2D eigenvalue weighted by atomic mass is 9.93. The molecule has 2 aliphatic heterocycles. The number of piperidine rings is 1. The smallest absolute Gasteiger partial charge is 0.321 e. The van der Waals surface area contributed by atoms with Crippen LogP contribution in [0.2, 0.25) is 0 Å². The van der Waals surface area contributed by atoms with E-state index in [1.54, 1.807) is 29.2 Å². The number of rotatable bonds is 7. The van der Waals surface area contributed by atoms with Gasteiger partial charge in [-0.2, -0.15) is 8.42 Å². The Balaban J connectivity index is 1.49. The van der Waals surface area contributed by atoms with E-state index in [-0.39, 0.29) is 17.8 Å². The van der Waals surface area contributed by atoms with Crippen LogP contribution in [0.3, 0.4) is 0 Å². The molecule has 2 aliphatic rings. The van der Waals surface area contributed by atoms with Crippen molar-refractivity contribution in [3.8, 4) is 5.75 Å². The Labute approximate surface area is 203 Å². The van der Waals surface area contributed by atoms with Crippen molar-refractivity contribution < 1.29 is 17.9 Å². The van der Waals surface area contributed by atoms with Crippen molar-refractivity contribution in [3.05, 3.63) is 42.5 Å². The first-order chi connectivity index (χ1) is 16.2. The summed E-state index contributed by atoms with van der Waals surface area (Å²) < 4.78 is 32.5. The van der Waals surface area contributed by atoms with E-state index >= 15 is 0 Å². The van der Waals surface area contributed by atoms with Gasteiger partial charge < -0.3 is 14.5 Å². The zero-order valence-electron chi connectivity index (χ0n) is 20.2. The second-order valence-electron chi connectivity index (χ2n) is 9.01. The average molecular weight is 492 g/mol. The minimum atomic E-state index is -4.10. The van der Waals surface area contributed by atoms with Gasteiger partial charge in [0.1, 0.15) is 5.75 Å². The first kappa shape index (κ1) is 26.2. The summed E-state index contributed by atoms with van der Waals surface area (Å²) >= 11 is 0. The van der Waals surface area contributed by atoms with Crippen LogP contribution in [0.25, 0.3) is 0 Å². The Morgan fingerprint density at radius 1 is 1.12 bits per heavy atom. The van der Waals surface area contributed by atoms with E-state index in [1.165, 1.54) is 0 Å². The van der Waals surface area contributed by atoms with Crippen LogP contribution >= 0.6 is 0 Å². The average Bonchev–Trinajstić information content (AvgIpc) is 2.82. The van der Waals surface area contributed by atoms with Crippen LogP contribution in [-0.4, -0.2) is 80.4 Å². The van der Waals surface area contributed by atoms with Gasteiger partial charge in [-0.05, 0) is 51.2 Å². The molecule has 1 aromatic rings. The van der Waals surface area contributed by atoms with Gasteiger partial charge in [0.2, 0.25) is 5.91 Å². The summed E-state index contributed by atoms with van der Waals surface area (Å²) in [6.07, 6.45) is 7.34. The Kier molecular flexibility index (Phi) is 9.49. The van der Waals surface area contributed by atoms with Gasteiger partial charge in [0.25, 0.3) is 0 Å². The summed E-state index contributed by atoms with van der Waals surface area (Å²) in [5.74, 6) is 0.947. The lowest BCUT2D eigenvalue weighted by molar-refractivity contribution is -0.134. The Bertz CT molecular complexity index is 951. The minimum absolute atomic E-state index is 0.0263. The molecule has 0 aromatic heterocycles. The predicted octanol–water partition coefficient (Wildman–Crippen LogP) is 2.23. The van der Waals surface area contributed by atoms with Crippen LogP contribution in [0, 0.1) is 5.92 Å². The molecule has 0 bridgehead atoms. The fraction of sp³-hybridized carbons (Fsp3) is 0.583. The van der Waals surface area contributed by atoms with Gasteiger partial charge >= 0.3 is 16.2 Å². The summed E-state index contributed by atoms with van der Waals surface area (Å²) in [4.78, 5) is 19.1. The van der Waals surface area contributed by atoms with E-state index in [1.807, 2.05) is 17.9 Å². The van der Waals surface area contributed by atoms with Crippen molar-refractivity contribution >= 4 is 22.1 Å². The molecule has 34 heavy (non-hydrogen) atoms. The number of nitrogens with zero attached hydrogens (tertiary/aromatic N) is 4. The molecular weight excluding hydrogens is 454 g/mol. The number of para-hydroxylation sites is 1. The van der Waals surface area contributed by atoms with Gasteiger partial charge in [0.15, 0.2) is 0 Å². The van der Waals surface area contributed by atoms with E-state index in [0.717, 1.165) is 45.4 Å². The van der Waals surface area contributed by atoms with Gasteiger partial charge in [-0.25, -0.2) is 5.14 Å². The van der Waals surface area contributed by atoms with Crippen LogP contribution < -0.4 is 9.88 Å². The molecule has 2 heterocycles. The summed E-state index contributed by atoms with van der Waals surface area (Å²) in [5, 5.41) is 5.15. The molecule has 9 nitrogen and oxygen atoms in total. The molecular formula is C24H37N5O4S. The van der Waals surface area contributed by atoms with E-state index in [2.05, 4.69) is 28.4 Å². The molecule has 1 unspecified atom stereocenters. The van der Waals surface area contributed by atoms with Crippen molar-refractivity contribution in [1.29, 1.82) is 0 Å². The second kappa shape index (κ2) is 12.3. The second-order valence-corrected chi connectivity index (χ2v) is 10.2. The third-order valence-corrected chi connectivity index (χ3v) is 6.92. The maximum Gasteiger partial charge on any atom is 0.321 e. The number of hydrogen-bond donors (Lipinski definition) is 1. The number of nitrogens with two attached hydrogens (primary N) is 1. The van der Waals surface area contributed by atoms with Crippen molar-refractivity contribution in [2.75, 3.05) is 39.3 Å². The van der Waals surface area contributed by atoms with Crippen molar-refractivity contribution in [3.63, 3.8) is 0 Å². The quantitative estimate of drug-likeness (QED) is 0.356. The molecule has 0 spiro atoms. The summed E-state index contributed by atoms with van der Waals surface area (Å²) in [5.41, 5.74) is 0. The topological polar surface area (TPSA) is 109 Å². The third kappa shape index (κ3) is 8.11. The van der Waals surface area contributed by atoms with Crippen LogP contribution in [0.15, 0.2) is 46.9 Å². The number of piperazine rings is 1. The van der Waals surface area contributed by atoms with E-state index in [0.29, 0.717) is 31.3 Å². The molecule has 188 valence electrons. The number of likely N-dealkylation sites (tertiary alicyclic amines) is 1. The molecule has 1 atom stereocenters. The Hall–Kier alpha value is -2.43. The fourth-order valence-corrected chi connectivity index (χ4v) is 4.81. The zero-order valence-corrected chi connectivity index (χ0v) is 21.0. The summed E-state index contributed by atoms with van der Waals surface area (Å²) in [6, 6.07) is 9.35. The Morgan fingerprint density at radius 2 is 1.76 bits per heavy atom. The zero-order chi connectivity index (χ0) is 24.6. The normalized spacial score (nSPS) is 20.0. The van der Waals surface area contributed by atoms with Gasteiger partial charge in [-0.1, -0.05) is 34.7 Å². The summed E-state index contributed by atoms with van der Waals surface area (Å²) in [6.45, 7) is 8.74. The van der Waals surface area contributed by atoms with Crippen LogP contribution in [0.4, 0.5) is 0 Å². The number of amidine groups is 1. The van der Waals surface area contributed by atoms with Gasteiger partial charge in [0.05, 0.1) is 0 Å². The lowest BCUT2D eigenvalue weighted by Gasteiger charge is -2.39. The van der Waals surface area contributed by atoms with Crippen LogP contribution in [-0.2, 0) is 15.0 Å². The molecule has 2 saturated heterocycles. The number of carbonyl (C=O) groups is 1. The van der Waals surface area contributed by atoms with Gasteiger partial charge in [0, 0.05) is 51.7 Å². The molecule has 2 N–H and O–H groups in total. The molecule has 0 radical (unpaired) electrons. The first-order valence-corrected chi connectivity index (χ1v) is 13.5. The molecule has 1 aromatic carbocycles. The molecule has 10 heteroatoms. The fourth-order valence-electron chi connectivity index (χ4n) is 4.44. The van der Waals surface area contributed by atoms with Crippen molar-refractivity contribution in [2.24, 2.45) is 15.5 Å². The van der Waals surface area contributed by atoms with Crippen molar-refractivity contribution in [1.82, 2.24) is 14.7 Å². The van der Waals surface area contributed by atoms with E-state index in [9.17, 15) is 13.2 Å². The maximum atomic E-state index is 12.9. The highest BCUT2D eigenvalue weighted by Gasteiger charge is 2.29. The molecule has 0 aliphatic carbocycles. The Morgan fingerprint density at radius 3 is 2.35 bits per heavy atom. The largest absolute Gasteiger partial charge is 0.425 e. The number of allylic oxidation sites excluding steroid dienone is 1. The van der Waals surface area contributed by atoms with Crippen molar-refractivity contribution in [2.45, 2.75) is 45.6 Å². The lowest BCUT2D eigenvalue weighted by Crippen LogP contribution is -2.51. The maximum absolute atomic E-state index is 12.9. The number of ether oxygens (including phenoxy) is 1. The standard InChI is InChI=1S/C24H37N5O4S/c1-3-4-8-20(2)27-15-17-28(18-16-27)23(30)19-21-11-13-29(14-12-21)24(26-34(25,31)32)33-22-9-6-5-7-10-22/h3-7,9-10,20-21H,8,11-19H2,1-2H3,(H2,25,31,32)/b4-3-,26-24+. The number of amides is 1. The highest BCUT2D eigenvalue weighted by atomic mass is 32.2. The van der Waals surface area contributed by atoms with Crippen LogP contribution in [0.5, 0.6) is 5.75 Å². The van der Waals surface area contributed by atoms with Crippen LogP contribution in [0.1, 0.15) is 39.5 Å². The highest BCUT2D eigenvalue weighted by Crippen LogP contribution is 2.23. The molecule has 3 rings (SSSR count). The third-order valence-electron chi connectivity index (χ3n) is 6.51.